The number of thiophene rings is 1. The Morgan fingerprint density at radius 2 is 2.12 bits per heavy atom. The van der Waals surface area contributed by atoms with Gasteiger partial charge in [0, 0.05) is 4.88 Å². The summed E-state index contributed by atoms with van der Waals surface area (Å²) in [4.78, 5) is 1.27. The second kappa shape index (κ2) is 6.52. The molecule has 1 aromatic rings. The monoisotopic (exact) mass is 273 g/mol. The molecule has 1 aliphatic heterocycles. The topological polar surface area (TPSA) is 46.2 Å². The molecule has 0 spiro atoms. The van der Waals surface area contributed by atoms with E-state index in [1.54, 1.807) is 11.3 Å². The number of rotatable bonds is 5. The van der Waals surface area contributed by atoms with Crippen molar-refractivity contribution in [1.29, 1.82) is 0 Å². The van der Waals surface area contributed by atoms with Crippen LogP contribution in [0, 0.1) is 5.92 Å². The molecule has 2 rings (SSSR count). The first kappa shape index (κ1) is 13.1. The van der Waals surface area contributed by atoms with Crippen molar-refractivity contribution in [3.8, 4) is 0 Å². The van der Waals surface area contributed by atoms with E-state index in [0.717, 1.165) is 31.0 Å². The molecule has 5 heteroatoms. The van der Waals surface area contributed by atoms with E-state index in [4.69, 9.17) is 0 Å². The van der Waals surface area contributed by atoms with Crippen LogP contribution in [0.3, 0.4) is 0 Å². The van der Waals surface area contributed by atoms with Crippen LogP contribution in [-0.4, -0.2) is 21.5 Å². The van der Waals surface area contributed by atoms with Crippen LogP contribution in [0.25, 0.3) is 0 Å². The predicted molar refractivity (Wildman–Crippen MR) is 72.3 cm³/mol. The molecule has 0 unspecified atom stereocenters. The van der Waals surface area contributed by atoms with E-state index in [0.29, 0.717) is 0 Å². The lowest BCUT2D eigenvalue weighted by atomic mass is 9.92. The standard InChI is InChI=1S/C12H19NO2S2/c14-17(15)9-11-5-8-16-12(11)2-1-10-3-6-13-7-4-10/h5,8,10,13,17H,1-4,6-7,9H2. The second-order valence-electron chi connectivity index (χ2n) is 4.59. The Hall–Kier alpha value is -0.390. The maximum atomic E-state index is 10.8. The Morgan fingerprint density at radius 1 is 1.35 bits per heavy atom. The average Bonchev–Trinajstić information content (AvgIpc) is 2.74. The van der Waals surface area contributed by atoms with Gasteiger partial charge in [-0.1, -0.05) is 0 Å². The fourth-order valence-electron chi connectivity index (χ4n) is 2.37. The van der Waals surface area contributed by atoms with Gasteiger partial charge in [-0.2, -0.15) is 0 Å². The van der Waals surface area contributed by atoms with E-state index < -0.39 is 10.7 Å². The van der Waals surface area contributed by atoms with E-state index in [-0.39, 0.29) is 5.75 Å². The summed E-state index contributed by atoms with van der Waals surface area (Å²) in [7, 11) is -2.30. The summed E-state index contributed by atoms with van der Waals surface area (Å²) in [6, 6.07) is 1.95. The first-order valence-electron chi connectivity index (χ1n) is 6.13. The Labute approximate surface area is 108 Å². The summed E-state index contributed by atoms with van der Waals surface area (Å²) >= 11 is 1.70. The maximum Gasteiger partial charge on any atom is 0.144 e. The molecule has 0 amide bonds. The van der Waals surface area contributed by atoms with Crippen molar-refractivity contribution in [2.24, 2.45) is 5.92 Å². The molecule has 1 aliphatic rings. The predicted octanol–water partition coefficient (Wildman–Crippen LogP) is 1.79. The molecule has 0 aliphatic carbocycles. The van der Waals surface area contributed by atoms with E-state index in [1.807, 2.05) is 11.4 Å². The minimum atomic E-state index is -2.30. The summed E-state index contributed by atoms with van der Waals surface area (Å²) in [5, 5.41) is 5.37. The molecule has 17 heavy (non-hydrogen) atoms. The first-order chi connectivity index (χ1) is 8.25. The van der Waals surface area contributed by atoms with Crippen LogP contribution in [0.2, 0.25) is 0 Å². The SMILES string of the molecule is O=[SH](=O)Cc1ccsc1CCC1CCNCC1. The normalized spacial score (nSPS) is 17.7. The van der Waals surface area contributed by atoms with Crippen LogP contribution in [0.1, 0.15) is 29.7 Å². The van der Waals surface area contributed by atoms with Gasteiger partial charge in [-0.3, -0.25) is 0 Å². The van der Waals surface area contributed by atoms with Crippen LogP contribution in [-0.2, 0) is 22.9 Å². The van der Waals surface area contributed by atoms with Gasteiger partial charge in [0.2, 0.25) is 0 Å². The lowest BCUT2D eigenvalue weighted by Gasteiger charge is -2.22. The molecule has 2 heterocycles. The van der Waals surface area contributed by atoms with Crippen LogP contribution >= 0.6 is 11.3 Å². The Kier molecular flexibility index (Phi) is 5.00. The molecule has 3 nitrogen and oxygen atoms in total. The highest BCUT2D eigenvalue weighted by Crippen LogP contribution is 2.24. The van der Waals surface area contributed by atoms with Gasteiger partial charge < -0.3 is 5.32 Å². The molecule has 0 atom stereocenters. The smallest absolute Gasteiger partial charge is 0.144 e. The summed E-state index contributed by atoms with van der Waals surface area (Å²) in [6.45, 7) is 2.27. The van der Waals surface area contributed by atoms with Gasteiger partial charge in [-0.25, -0.2) is 8.42 Å². The van der Waals surface area contributed by atoms with Crippen molar-refractivity contribution in [1.82, 2.24) is 5.32 Å². The summed E-state index contributed by atoms with van der Waals surface area (Å²) in [6.07, 6.45) is 4.76. The molecule has 0 bridgehead atoms. The average molecular weight is 273 g/mol. The van der Waals surface area contributed by atoms with Crippen molar-refractivity contribution >= 4 is 22.0 Å². The third-order valence-electron chi connectivity index (χ3n) is 3.38. The van der Waals surface area contributed by atoms with Crippen LogP contribution in [0.4, 0.5) is 0 Å². The van der Waals surface area contributed by atoms with Crippen molar-refractivity contribution < 1.29 is 8.42 Å². The van der Waals surface area contributed by atoms with Gasteiger partial charge >= 0.3 is 0 Å². The molecular formula is C12H19NO2S2. The maximum absolute atomic E-state index is 10.8. The molecular weight excluding hydrogens is 254 g/mol. The van der Waals surface area contributed by atoms with Gasteiger partial charge in [0.05, 0.1) is 5.75 Å². The highest BCUT2D eigenvalue weighted by atomic mass is 32.2. The van der Waals surface area contributed by atoms with Crippen molar-refractivity contribution in [2.45, 2.75) is 31.4 Å². The molecule has 0 aromatic carbocycles. The molecule has 1 N–H and O–H groups in total. The highest BCUT2D eigenvalue weighted by molar-refractivity contribution is 7.71. The minimum absolute atomic E-state index is 0.209. The fraction of sp³-hybridized carbons (Fsp3) is 0.667. The van der Waals surface area contributed by atoms with Crippen molar-refractivity contribution in [3.63, 3.8) is 0 Å². The highest BCUT2D eigenvalue weighted by Gasteiger charge is 2.14. The van der Waals surface area contributed by atoms with Gasteiger partial charge in [0.15, 0.2) is 0 Å². The third-order valence-corrected chi connectivity index (χ3v) is 5.00. The molecule has 1 fully saturated rings. The van der Waals surface area contributed by atoms with Gasteiger partial charge in [-0.05, 0) is 61.7 Å². The number of aryl methyl sites for hydroxylation is 1. The Balaban J connectivity index is 1.87. The molecule has 0 saturated carbocycles. The van der Waals surface area contributed by atoms with Crippen LogP contribution < -0.4 is 5.32 Å². The molecule has 0 radical (unpaired) electrons. The lowest BCUT2D eigenvalue weighted by Crippen LogP contribution is -2.27. The van der Waals surface area contributed by atoms with Gasteiger partial charge in [0.1, 0.15) is 10.7 Å². The minimum Gasteiger partial charge on any atom is -0.317 e. The van der Waals surface area contributed by atoms with E-state index in [9.17, 15) is 8.42 Å². The lowest BCUT2D eigenvalue weighted by molar-refractivity contribution is 0.355. The van der Waals surface area contributed by atoms with Gasteiger partial charge in [-0.15, -0.1) is 11.3 Å². The van der Waals surface area contributed by atoms with Crippen molar-refractivity contribution in [2.75, 3.05) is 13.1 Å². The summed E-state index contributed by atoms with van der Waals surface area (Å²) in [5.74, 6) is 1.02. The first-order valence-corrected chi connectivity index (χ1v) is 8.37. The summed E-state index contributed by atoms with van der Waals surface area (Å²) in [5.41, 5.74) is 1.01. The van der Waals surface area contributed by atoms with E-state index in [2.05, 4.69) is 5.32 Å². The largest absolute Gasteiger partial charge is 0.317 e. The van der Waals surface area contributed by atoms with Gasteiger partial charge in [0.25, 0.3) is 0 Å². The van der Waals surface area contributed by atoms with E-state index in [1.165, 1.54) is 24.1 Å². The Morgan fingerprint density at radius 3 is 2.82 bits per heavy atom. The number of hydrogen-bond acceptors (Lipinski definition) is 4. The van der Waals surface area contributed by atoms with Crippen LogP contribution in [0.5, 0.6) is 0 Å². The van der Waals surface area contributed by atoms with E-state index >= 15 is 0 Å². The zero-order chi connectivity index (χ0) is 12.1. The summed E-state index contributed by atoms with van der Waals surface area (Å²) < 4.78 is 21.5. The third kappa shape index (κ3) is 4.08. The quantitative estimate of drug-likeness (QED) is 0.804. The Bertz CT molecular complexity index is 412. The van der Waals surface area contributed by atoms with Crippen molar-refractivity contribution in [3.05, 3.63) is 21.9 Å². The number of nitrogens with one attached hydrogen (secondary N) is 1. The number of thiol groups is 1. The second-order valence-corrected chi connectivity index (χ2v) is 6.57. The van der Waals surface area contributed by atoms with Crippen LogP contribution in [0.15, 0.2) is 11.4 Å². The molecule has 1 saturated heterocycles. The number of piperidine rings is 1. The molecule has 96 valence electrons. The zero-order valence-corrected chi connectivity index (χ0v) is 11.6. The molecule has 1 aromatic heterocycles. The zero-order valence-electron chi connectivity index (χ0n) is 9.85. The fourth-order valence-corrected chi connectivity index (χ4v) is 3.98. The number of hydrogen-bond donors (Lipinski definition) is 2.